The van der Waals surface area contributed by atoms with E-state index in [1.165, 1.54) is 36.1 Å². The number of urea groups is 1. The zero-order valence-electron chi connectivity index (χ0n) is 22.6. The summed E-state index contributed by atoms with van der Waals surface area (Å²) in [7, 11) is 1.26. The van der Waals surface area contributed by atoms with Crippen LogP contribution in [-0.4, -0.2) is 34.0 Å². The number of hydrogen-bond donors (Lipinski definition) is 3. The largest absolute Gasteiger partial charge is 0.453 e. The fraction of sp³-hybridized carbons (Fsp3) is 0.241. The van der Waals surface area contributed by atoms with Crippen molar-refractivity contribution in [3.05, 3.63) is 95.3 Å². The van der Waals surface area contributed by atoms with Gasteiger partial charge in [0.05, 0.1) is 24.2 Å². The lowest BCUT2D eigenvalue weighted by Crippen LogP contribution is -2.22. The maximum absolute atomic E-state index is 14.9. The van der Waals surface area contributed by atoms with Crippen LogP contribution in [-0.2, 0) is 23.0 Å². The summed E-state index contributed by atoms with van der Waals surface area (Å²) in [6.45, 7) is 5.91. The van der Waals surface area contributed by atoms with Crippen LogP contribution in [0.4, 0.5) is 35.7 Å². The molecule has 4 aromatic rings. The van der Waals surface area contributed by atoms with E-state index in [-0.39, 0.29) is 11.1 Å². The van der Waals surface area contributed by atoms with Gasteiger partial charge >= 0.3 is 12.1 Å². The molecule has 0 spiro atoms. The van der Waals surface area contributed by atoms with Gasteiger partial charge in [0.25, 0.3) is 0 Å². The average molecular weight is 549 g/mol. The normalized spacial score (nSPS) is 11.2. The zero-order valence-corrected chi connectivity index (χ0v) is 22.6. The zero-order chi connectivity index (χ0) is 28.9. The smallest absolute Gasteiger partial charge is 0.412 e. The van der Waals surface area contributed by atoms with Crippen LogP contribution in [0.2, 0.25) is 0 Å². The van der Waals surface area contributed by atoms with Gasteiger partial charge in [0.1, 0.15) is 23.3 Å². The summed E-state index contributed by atoms with van der Waals surface area (Å²) in [6.07, 6.45) is 2.04. The van der Waals surface area contributed by atoms with Crippen LogP contribution in [0.1, 0.15) is 37.6 Å². The van der Waals surface area contributed by atoms with E-state index >= 15 is 0 Å². The summed E-state index contributed by atoms with van der Waals surface area (Å²) >= 11 is 0. The molecule has 0 aliphatic carbocycles. The van der Waals surface area contributed by atoms with Gasteiger partial charge in [-0.15, -0.1) is 0 Å². The van der Waals surface area contributed by atoms with Crippen LogP contribution in [0.5, 0.6) is 0 Å². The number of aryl methyl sites for hydroxylation is 2. The van der Waals surface area contributed by atoms with Gasteiger partial charge in [-0.1, -0.05) is 32.9 Å². The molecule has 11 heteroatoms. The maximum atomic E-state index is 14.9. The number of carbonyl (C=O) groups excluding carboxylic acids is 2. The molecule has 3 amide bonds. The van der Waals surface area contributed by atoms with Crippen molar-refractivity contribution in [3.63, 3.8) is 0 Å². The summed E-state index contributed by atoms with van der Waals surface area (Å²) in [5.41, 5.74) is 2.41. The lowest BCUT2D eigenvalue weighted by molar-refractivity contribution is 0.187. The molecule has 0 aliphatic heterocycles. The summed E-state index contributed by atoms with van der Waals surface area (Å²) in [4.78, 5) is 28.3. The Hall–Kier alpha value is -4.80. The van der Waals surface area contributed by atoms with Gasteiger partial charge in [-0.3, -0.25) is 10.6 Å². The van der Waals surface area contributed by atoms with E-state index in [4.69, 9.17) is 0 Å². The van der Waals surface area contributed by atoms with E-state index in [2.05, 4.69) is 30.8 Å². The van der Waals surface area contributed by atoms with Gasteiger partial charge in [0, 0.05) is 17.7 Å². The predicted molar refractivity (Wildman–Crippen MR) is 149 cm³/mol. The molecule has 3 N–H and O–H groups in total. The van der Waals surface area contributed by atoms with Crippen LogP contribution in [0.25, 0.3) is 5.69 Å². The molecule has 0 atom stereocenters. The van der Waals surface area contributed by atoms with E-state index in [0.717, 1.165) is 11.1 Å². The molecule has 0 unspecified atom stereocenters. The Morgan fingerprint density at radius 1 is 0.925 bits per heavy atom. The highest BCUT2D eigenvalue weighted by molar-refractivity contribution is 5.99. The molecule has 208 valence electrons. The third-order valence-corrected chi connectivity index (χ3v) is 6.00. The summed E-state index contributed by atoms with van der Waals surface area (Å²) < 4.78 is 34.8. The summed E-state index contributed by atoms with van der Waals surface area (Å²) in [5, 5.41) is 12.3. The SMILES string of the molecule is COC(=O)Nc1cc(CCc2ccc(NC(=O)Nc3cc(C(C)(C)C)nn3-c3cccc(F)c3)c(F)c2)ccn1. The van der Waals surface area contributed by atoms with Crippen molar-refractivity contribution in [2.24, 2.45) is 0 Å². The number of methoxy groups -OCH3 is 1. The molecule has 0 bridgehead atoms. The Bertz CT molecular complexity index is 1530. The second-order valence-corrected chi connectivity index (χ2v) is 10.1. The van der Waals surface area contributed by atoms with Crippen molar-refractivity contribution >= 4 is 29.4 Å². The van der Waals surface area contributed by atoms with Gasteiger partial charge in [-0.2, -0.15) is 5.10 Å². The first-order valence-corrected chi connectivity index (χ1v) is 12.5. The first-order chi connectivity index (χ1) is 19.0. The lowest BCUT2D eigenvalue weighted by Gasteiger charge is -2.14. The van der Waals surface area contributed by atoms with Crippen molar-refractivity contribution in [3.8, 4) is 5.69 Å². The van der Waals surface area contributed by atoms with E-state index in [1.54, 1.807) is 42.6 Å². The minimum absolute atomic E-state index is 0.00240. The third kappa shape index (κ3) is 7.19. The molecule has 9 nitrogen and oxygen atoms in total. The highest BCUT2D eigenvalue weighted by Gasteiger charge is 2.22. The van der Waals surface area contributed by atoms with E-state index in [1.807, 2.05) is 20.8 Å². The van der Waals surface area contributed by atoms with Crippen LogP contribution >= 0.6 is 0 Å². The second-order valence-electron chi connectivity index (χ2n) is 10.1. The number of nitrogens with one attached hydrogen (secondary N) is 3. The number of anilines is 3. The van der Waals surface area contributed by atoms with Gasteiger partial charge in [-0.05, 0) is 66.4 Å². The second kappa shape index (κ2) is 11.9. The molecular weight excluding hydrogens is 518 g/mol. The van der Waals surface area contributed by atoms with Gasteiger partial charge in [-0.25, -0.2) is 28.0 Å². The predicted octanol–water partition coefficient (Wildman–Crippen LogP) is 6.45. The molecule has 0 radical (unpaired) electrons. The van der Waals surface area contributed by atoms with Crippen molar-refractivity contribution in [1.82, 2.24) is 14.8 Å². The standard InChI is InChI=1S/C29H30F2N6O3/c1-29(2,3)24-17-26(37(36-24)21-7-5-6-20(30)16-21)35-27(38)33-23-11-10-18(14-22(23)31)8-9-19-12-13-32-25(15-19)34-28(39)40-4/h5-7,10-17H,8-9H2,1-4H3,(H,32,34,39)(H2,33,35,38). The van der Waals surface area contributed by atoms with Crippen LogP contribution in [0.3, 0.4) is 0 Å². The van der Waals surface area contributed by atoms with E-state index in [0.29, 0.717) is 35.9 Å². The molecule has 0 saturated heterocycles. The maximum Gasteiger partial charge on any atom is 0.412 e. The Morgan fingerprint density at radius 2 is 1.68 bits per heavy atom. The van der Waals surface area contributed by atoms with Crippen LogP contribution in [0, 0.1) is 11.6 Å². The number of pyridine rings is 1. The van der Waals surface area contributed by atoms with Gasteiger partial charge in [0.2, 0.25) is 0 Å². The molecule has 4 rings (SSSR count). The van der Waals surface area contributed by atoms with Crippen LogP contribution < -0.4 is 16.0 Å². The molecule has 0 saturated carbocycles. The molecule has 0 fully saturated rings. The topological polar surface area (TPSA) is 110 Å². The number of benzene rings is 2. The van der Waals surface area contributed by atoms with E-state index < -0.39 is 23.8 Å². The highest BCUT2D eigenvalue weighted by Crippen LogP contribution is 2.27. The number of carbonyl (C=O) groups is 2. The quantitative estimate of drug-likeness (QED) is 0.246. The van der Waals surface area contributed by atoms with Crippen molar-refractivity contribution in [2.75, 3.05) is 23.1 Å². The summed E-state index contributed by atoms with van der Waals surface area (Å²) in [6, 6.07) is 15.0. The third-order valence-electron chi connectivity index (χ3n) is 6.00. The van der Waals surface area contributed by atoms with Crippen molar-refractivity contribution in [1.29, 1.82) is 0 Å². The fourth-order valence-electron chi connectivity index (χ4n) is 3.87. The number of nitrogens with zero attached hydrogens (tertiary/aromatic N) is 3. The lowest BCUT2D eigenvalue weighted by atomic mass is 9.92. The van der Waals surface area contributed by atoms with Gasteiger partial charge < -0.3 is 10.1 Å². The number of halogens is 2. The molecule has 2 aromatic carbocycles. The molecule has 2 aromatic heterocycles. The Labute approximate surface area is 230 Å². The highest BCUT2D eigenvalue weighted by atomic mass is 19.1. The minimum Gasteiger partial charge on any atom is -0.453 e. The Kier molecular flexibility index (Phi) is 8.42. The first-order valence-electron chi connectivity index (χ1n) is 12.5. The number of ether oxygens (including phenoxy) is 1. The number of aromatic nitrogens is 3. The molecular formula is C29H30F2N6O3. The Morgan fingerprint density at radius 3 is 2.35 bits per heavy atom. The first kappa shape index (κ1) is 28.2. The number of amides is 3. The van der Waals surface area contributed by atoms with Crippen LogP contribution in [0.15, 0.2) is 66.9 Å². The molecule has 0 aliphatic rings. The minimum atomic E-state index is -0.674. The number of rotatable bonds is 7. The fourth-order valence-corrected chi connectivity index (χ4v) is 3.87. The summed E-state index contributed by atoms with van der Waals surface area (Å²) in [5.74, 6) is -0.368. The Balaban J connectivity index is 1.43. The van der Waals surface area contributed by atoms with Crippen molar-refractivity contribution < 1.29 is 23.1 Å². The van der Waals surface area contributed by atoms with E-state index in [9.17, 15) is 18.4 Å². The number of hydrogen-bond acceptors (Lipinski definition) is 5. The molecule has 40 heavy (non-hydrogen) atoms. The molecule has 2 heterocycles. The monoisotopic (exact) mass is 548 g/mol. The van der Waals surface area contributed by atoms with Gasteiger partial charge in [0.15, 0.2) is 0 Å². The van der Waals surface area contributed by atoms with Crippen molar-refractivity contribution in [2.45, 2.75) is 39.0 Å². The average Bonchev–Trinajstić information content (AvgIpc) is 3.33.